The average molecular weight is 237 g/mol. The Balaban J connectivity index is 2.68. The van der Waals surface area contributed by atoms with Crippen LogP contribution in [0.25, 0.3) is 0 Å². The number of nitrogens with two attached hydrogens (primary N) is 1. The smallest absolute Gasteiger partial charge is 0.305 e. The largest absolute Gasteiger partial charge is 0.496 e. The monoisotopic (exact) mass is 237 g/mol. The van der Waals surface area contributed by atoms with Crippen LogP contribution in [0.15, 0.2) is 18.2 Å². The van der Waals surface area contributed by atoms with Crippen molar-refractivity contribution in [2.75, 3.05) is 14.2 Å². The Bertz CT molecular complexity index is 390. The number of esters is 1. The van der Waals surface area contributed by atoms with E-state index in [4.69, 9.17) is 10.5 Å². The van der Waals surface area contributed by atoms with Crippen molar-refractivity contribution in [1.82, 2.24) is 0 Å². The minimum absolute atomic E-state index is 0.177. The second-order valence-corrected chi connectivity index (χ2v) is 3.95. The van der Waals surface area contributed by atoms with E-state index in [0.717, 1.165) is 16.9 Å². The summed E-state index contributed by atoms with van der Waals surface area (Å²) >= 11 is 0. The maximum atomic E-state index is 11.0. The molecule has 1 atom stereocenters. The van der Waals surface area contributed by atoms with Gasteiger partial charge in [-0.2, -0.15) is 0 Å². The van der Waals surface area contributed by atoms with E-state index in [1.54, 1.807) is 7.11 Å². The van der Waals surface area contributed by atoms with Crippen LogP contribution >= 0.6 is 0 Å². The van der Waals surface area contributed by atoms with Crippen molar-refractivity contribution >= 4 is 5.97 Å². The summed E-state index contributed by atoms with van der Waals surface area (Å²) in [5.41, 5.74) is 8.04. The number of methoxy groups -OCH3 is 2. The Kier molecular flexibility index (Phi) is 4.97. The summed E-state index contributed by atoms with van der Waals surface area (Å²) in [4.78, 5) is 11.0. The minimum Gasteiger partial charge on any atom is -0.496 e. The first-order valence-corrected chi connectivity index (χ1v) is 5.55. The molecule has 1 aromatic rings. The molecule has 0 saturated heterocycles. The average Bonchev–Trinajstić information content (AvgIpc) is 2.35. The molecule has 0 radical (unpaired) electrons. The molecule has 0 fully saturated rings. The maximum Gasteiger partial charge on any atom is 0.305 e. The van der Waals surface area contributed by atoms with Gasteiger partial charge in [-0.15, -0.1) is 0 Å². The lowest BCUT2D eigenvalue weighted by molar-refractivity contribution is -0.140. The Morgan fingerprint density at radius 1 is 1.41 bits per heavy atom. The van der Waals surface area contributed by atoms with Crippen LogP contribution in [-0.4, -0.2) is 20.2 Å². The lowest BCUT2D eigenvalue weighted by Crippen LogP contribution is -2.13. The molecule has 0 heterocycles. The van der Waals surface area contributed by atoms with E-state index < -0.39 is 0 Å². The standard InChI is InChI=1S/C13H19NO3/c1-9-4-5-10(8-12(9)16-2)11(14)6-7-13(15)17-3/h4-5,8,11H,6-7,14H2,1-3H3. The van der Waals surface area contributed by atoms with E-state index in [0.29, 0.717) is 12.8 Å². The molecule has 0 aliphatic carbocycles. The van der Waals surface area contributed by atoms with Gasteiger partial charge in [0.2, 0.25) is 0 Å². The number of carbonyl (C=O) groups is 1. The Hall–Kier alpha value is -1.55. The highest BCUT2D eigenvalue weighted by Crippen LogP contribution is 2.24. The first-order valence-electron chi connectivity index (χ1n) is 5.55. The number of hydrogen-bond acceptors (Lipinski definition) is 4. The van der Waals surface area contributed by atoms with Crippen molar-refractivity contribution in [2.45, 2.75) is 25.8 Å². The topological polar surface area (TPSA) is 61.5 Å². The molecule has 0 aromatic heterocycles. The molecule has 94 valence electrons. The van der Waals surface area contributed by atoms with Crippen LogP contribution in [-0.2, 0) is 9.53 Å². The summed E-state index contributed by atoms with van der Waals surface area (Å²) < 4.78 is 9.82. The Morgan fingerprint density at radius 2 is 2.12 bits per heavy atom. The lowest BCUT2D eigenvalue weighted by atomic mass is 10.0. The molecule has 0 saturated carbocycles. The molecule has 2 N–H and O–H groups in total. The zero-order chi connectivity index (χ0) is 12.8. The molecular weight excluding hydrogens is 218 g/mol. The molecule has 1 rings (SSSR count). The van der Waals surface area contributed by atoms with Crippen molar-refractivity contribution in [1.29, 1.82) is 0 Å². The zero-order valence-corrected chi connectivity index (χ0v) is 10.5. The highest BCUT2D eigenvalue weighted by molar-refractivity contribution is 5.69. The number of ether oxygens (including phenoxy) is 2. The van der Waals surface area contributed by atoms with Gasteiger partial charge >= 0.3 is 5.97 Å². The minimum atomic E-state index is -0.237. The van der Waals surface area contributed by atoms with Crippen LogP contribution in [0.4, 0.5) is 0 Å². The van der Waals surface area contributed by atoms with Gasteiger partial charge in [0, 0.05) is 12.5 Å². The van der Waals surface area contributed by atoms with E-state index in [9.17, 15) is 4.79 Å². The first-order chi connectivity index (χ1) is 8.08. The second kappa shape index (κ2) is 6.25. The van der Waals surface area contributed by atoms with Crippen molar-refractivity contribution < 1.29 is 14.3 Å². The fraction of sp³-hybridized carbons (Fsp3) is 0.462. The summed E-state index contributed by atoms with van der Waals surface area (Å²) in [7, 11) is 3.01. The van der Waals surface area contributed by atoms with E-state index in [1.807, 2.05) is 25.1 Å². The Labute approximate surface area is 102 Å². The summed E-state index contributed by atoms with van der Waals surface area (Å²) in [5.74, 6) is 0.579. The third-order valence-corrected chi connectivity index (χ3v) is 2.75. The highest BCUT2D eigenvalue weighted by atomic mass is 16.5. The van der Waals surface area contributed by atoms with Gasteiger partial charge in [-0.25, -0.2) is 0 Å². The third kappa shape index (κ3) is 3.75. The summed E-state index contributed by atoms with van der Waals surface area (Å²) in [6.45, 7) is 1.97. The summed E-state index contributed by atoms with van der Waals surface area (Å²) in [6, 6.07) is 5.66. The van der Waals surface area contributed by atoms with Crippen molar-refractivity contribution in [3.63, 3.8) is 0 Å². The maximum absolute atomic E-state index is 11.0. The molecule has 4 nitrogen and oxygen atoms in total. The van der Waals surface area contributed by atoms with Crippen LogP contribution < -0.4 is 10.5 Å². The van der Waals surface area contributed by atoms with Gasteiger partial charge < -0.3 is 15.2 Å². The van der Waals surface area contributed by atoms with Crippen molar-refractivity contribution in [3.8, 4) is 5.75 Å². The SMILES string of the molecule is COC(=O)CCC(N)c1ccc(C)c(OC)c1. The van der Waals surface area contributed by atoms with Gasteiger partial charge in [0.05, 0.1) is 14.2 Å². The number of hydrogen-bond donors (Lipinski definition) is 1. The van der Waals surface area contributed by atoms with E-state index in [2.05, 4.69) is 4.74 Å². The predicted molar refractivity (Wildman–Crippen MR) is 65.9 cm³/mol. The molecular formula is C13H19NO3. The van der Waals surface area contributed by atoms with Crippen molar-refractivity contribution in [2.24, 2.45) is 5.73 Å². The molecule has 4 heteroatoms. The number of benzene rings is 1. The third-order valence-electron chi connectivity index (χ3n) is 2.75. The van der Waals surface area contributed by atoms with Gasteiger partial charge in [0.25, 0.3) is 0 Å². The van der Waals surface area contributed by atoms with Crippen LogP contribution in [0.2, 0.25) is 0 Å². The van der Waals surface area contributed by atoms with Crippen molar-refractivity contribution in [3.05, 3.63) is 29.3 Å². The van der Waals surface area contributed by atoms with E-state index in [1.165, 1.54) is 7.11 Å². The molecule has 1 unspecified atom stereocenters. The fourth-order valence-corrected chi connectivity index (χ4v) is 1.61. The van der Waals surface area contributed by atoms with Crippen LogP contribution in [0.1, 0.15) is 30.0 Å². The summed E-state index contributed by atoms with van der Waals surface area (Å²) in [5, 5.41) is 0. The van der Waals surface area contributed by atoms with Gasteiger partial charge in [-0.05, 0) is 30.5 Å². The molecule has 0 amide bonds. The van der Waals surface area contributed by atoms with Crippen LogP contribution in [0, 0.1) is 6.92 Å². The number of carbonyl (C=O) groups excluding carboxylic acids is 1. The van der Waals surface area contributed by atoms with Gasteiger partial charge in [-0.1, -0.05) is 12.1 Å². The first kappa shape index (κ1) is 13.5. The predicted octanol–water partition coefficient (Wildman–Crippen LogP) is 1.96. The molecule has 0 spiro atoms. The van der Waals surface area contributed by atoms with Gasteiger partial charge in [-0.3, -0.25) is 4.79 Å². The quantitative estimate of drug-likeness (QED) is 0.795. The van der Waals surface area contributed by atoms with Crippen LogP contribution in [0.3, 0.4) is 0 Å². The molecule has 0 aliphatic rings. The van der Waals surface area contributed by atoms with E-state index in [-0.39, 0.29) is 12.0 Å². The highest BCUT2D eigenvalue weighted by Gasteiger charge is 2.11. The number of aryl methyl sites for hydroxylation is 1. The summed E-state index contributed by atoms with van der Waals surface area (Å²) in [6.07, 6.45) is 0.896. The Morgan fingerprint density at radius 3 is 2.71 bits per heavy atom. The molecule has 17 heavy (non-hydrogen) atoms. The zero-order valence-electron chi connectivity index (χ0n) is 10.5. The fourth-order valence-electron chi connectivity index (χ4n) is 1.61. The molecule has 0 bridgehead atoms. The second-order valence-electron chi connectivity index (χ2n) is 3.95. The molecule has 1 aromatic carbocycles. The van der Waals surface area contributed by atoms with Crippen LogP contribution in [0.5, 0.6) is 5.75 Å². The van der Waals surface area contributed by atoms with E-state index >= 15 is 0 Å². The van der Waals surface area contributed by atoms with Gasteiger partial charge in [0.15, 0.2) is 0 Å². The number of rotatable bonds is 5. The normalized spacial score (nSPS) is 12.0. The lowest BCUT2D eigenvalue weighted by Gasteiger charge is -2.13. The molecule has 0 aliphatic heterocycles. The van der Waals surface area contributed by atoms with Gasteiger partial charge in [0.1, 0.15) is 5.75 Å².